The van der Waals surface area contributed by atoms with Crippen LogP contribution in [0.5, 0.6) is 0 Å². The van der Waals surface area contributed by atoms with Crippen LogP contribution >= 0.6 is 0 Å². The van der Waals surface area contributed by atoms with Crippen molar-refractivity contribution in [3.8, 4) is 0 Å². The van der Waals surface area contributed by atoms with Gasteiger partial charge in [-0.3, -0.25) is 0 Å². The maximum absolute atomic E-state index is 11.4. The Labute approximate surface area is 113 Å². The smallest absolute Gasteiger partial charge is 0.335 e. The van der Waals surface area contributed by atoms with E-state index in [9.17, 15) is 4.79 Å². The summed E-state index contributed by atoms with van der Waals surface area (Å²) in [5.41, 5.74) is 6.74. The zero-order valence-corrected chi connectivity index (χ0v) is 11.2. The molecule has 5 rings (SSSR count). The molecule has 102 valence electrons. The highest BCUT2D eigenvalue weighted by Gasteiger charge is 2.49. The Kier molecular flexibility index (Phi) is 2.59. The lowest BCUT2D eigenvalue weighted by Gasteiger charge is -2.54. The molecule has 4 fully saturated rings. The Bertz CT molecular complexity index is 520. The summed E-state index contributed by atoms with van der Waals surface area (Å²) in [5, 5.41) is 0. The molecular weight excluding hydrogens is 238 g/mol. The van der Waals surface area contributed by atoms with Crippen LogP contribution in [0, 0.1) is 23.7 Å². The largest absolute Gasteiger partial charge is 0.426 e. The van der Waals surface area contributed by atoms with Gasteiger partial charge in [0.1, 0.15) is 5.76 Å². The van der Waals surface area contributed by atoms with Crippen LogP contribution in [0.1, 0.15) is 49.3 Å². The van der Waals surface area contributed by atoms with E-state index >= 15 is 0 Å². The van der Waals surface area contributed by atoms with Gasteiger partial charge in [-0.25, -0.2) is 4.79 Å². The normalized spacial score (nSPS) is 39.7. The summed E-state index contributed by atoms with van der Waals surface area (Å²) in [7, 11) is 0. The molecule has 0 saturated heterocycles. The summed E-state index contributed by atoms with van der Waals surface area (Å²) >= 11 is 0. The Morgan fingerprint density at radius 2 is 1.68 bits per heavy atom. The first-order chi connectivity index (χ1) is 9.24. The predicted octanol–water partition coefficient (Wildman–Crippen LogP) is 2.64. The molecular formula is C16H21NO2. The monoisotopic (exact) mass is 259 g/mol. The van der Waals surface area contributed by atoms with Crippen molar-refractivity contribution in [2.24, 2.45) is 29.4 Å². The van der Waals surface area contributed by atoms with Gasteiger partial charge in [0.25, 0.3) is 0 Å². The van der Waals surface area contributed by atoms with Gasteiger partial charge in [-0.2, -0.15) is 0 Å². The molecule has 3 nitrogen and oxygen atoms in total. The van der Waals surface area contributed by atoms with Crippen molar-refractivity contribution in [3.63, 3.8) is 0 Å². The summed E-state index contributed by atoms with van der Waals surface area (Å²) in [6, 6.07) is 3.56. The third-order valence-corrected chi connectivity index (χ3v) is 5.72. The van der Waals surface area contributed by atoms with Gasteiger partial charge in [0.05, 0.1) is 6.54 Å². The van der Waals surface area contributed by atoms with Gasteiger partial charge in [0, 0.05) is 6.07 Å². The van der Waals surface area contributed by atoms with E-state index in [1.807, 2.05) is 6.07 Å². The molecule has 19 heavy (non-hydrogen) atoms. The second kappa shape index (κ2) is 4.20. The molecule has 0 unspecified atom stereocenters. The summed E-state index contributed by atoms with van der Waals surface area (Å²) < 4.78 is 5.33. The molecule has 0 spiro atoms. The van der Waals surface area contributed by atoms with Crippen molar-refractivity contribution in [2.75, 3.05) is 0 Å². The molecule has 4 aliphatic rings. The Balaban J connectivity index is 1.74. The minimum atomic E-state index is -0.270. The zero-order chi connectivity index (χ0) is 13.0. The predicted molar refractivity (Wildman–Crippen MR) is 72.7 cm³/mol. The lowest BCUT2D eigenvalue weighted by atomic mass is 9.50. The van der Waals surface area contributed by atoms with E-state index < -0.39 is 0 Å². The van der Waals surface area contributed by atoms with E-state index in [1.54, 1.807) is 6.07 Å². The highest BCUT2D eigenvalue weighted by molar-refractivity contribution is 5.26. The fourth-order valence-electron chi connectivity index (χ4n) is 5.35. The SMILES string of the molecule is NCc1oc(=O)ccc1C1C2CC3CC(C2)CC1C3. The molecule has 0 amide bonds. The molecule has 4 saturated carbocycles. The molecule has 1 aromatic heterocycles. The van der Waals surface area contributed by atoms with Gasteiger partial charge in [-0.15, -0.1) is 0 Å². The topological polar surface area (TPSA) is 56.2 Å². The third kappa shape index (κ3) is 1.78. The van der Waals surface area contributed by atoms with Gasteiger partial charge < -0.3 is 10.2 Å². The van der Waals surface area contributed by atoms with Gasteiger partial charge in [-0.05, 0) is 73.3 Å². The Morgan fingerprint density at radius 1 is 1.05 bits per heavy atom. The van der Waals surface area contributed by atoms with E-state index in [-0.39, 0.29) is 5.63 Å². The maximum Gasteiger partial charge on any atom is 0.335 e. The van der Waals surface area contributed by atoms with Crippen molar-refractivity contribution in [1.29, 1.82) is 0 Å². The standard InChI is InChI=1S/C16H21NO2/c17-8-14-13(1-2-15(18)19-14)16-11-4-9-3-10(6-11)7-12(16)5-9/h1-2,9-12,16H,3-8,17H2. The third-order valence-electron chi connectivity index (χ3n) is 5.72. The van der Waals surface area contributed by atoms with E-state index in [0.29, 0.717) is 12.5 Å². The Morgan fingerprint density at radius 3 is 2.26 bits per heavy atom. The Hall–Kier alpha value is -1.09. The van der Waals surface area contributed by atoms with Crippen molar-refractivity contribution >= 4 is 0 Å². The van der Waals surface area contributed by atoms with E-state index in [2.05, 4.69) is 0 Å². The van der Waals surface area contributed by atoms with Crippen LogP contribution in [0.15, 0.2) is 21.3 Å². The summed E-state index contributed by atoms with van der Waals surface area (Å²) in [4.78, 5) is 11.4. The highest BCUT2D eigenvalue weighted by Crippen LogP contribution is 2.59. The molecule has 3 heteroatoms. The second-order valence-electron chi connectivity index (χ2n) is 6.79. The number of rotatable bonds is 2. The van der Waals surface area contributed by atoms with Crippen LogP contribution < -0.4 is 11.4 Å². The fourth-order valence-corrected chi connectivity index (χ4v) is 5.35. The zero-order valence-electron chi connectivity index (χ0n) is 11.2. The first-order valence-electron chi connectivity index (χ1n) is 7.57. The number of hydrogen-bond donors (Lipinski definition) is 1. The van der Waals surface area contributed by atoms with Gasteiger partial charge in [-0.1, -0.05) is 0 Å². The van der Waals surface area contributed by atoms with Crippen molar-refractivity contribution in [3.05, 3.63) is 33.9 Å². The average Bonchev–Trinajstić information content (AvgIpc) is 2.39. The summed E-state index contributed by atoms with van der Waals surface area (Å²) in [6.45, 7) is 0.341. The number of hydrogen-bond acceptors (Lipinski definition) is 3. The highest BCUT2D eigenvalue weighted by atomic mass is 16.4. The van der Waals surface area contributed by atoms with Crippen molar-refractivity contribution < 1.29 is 4.42 Å². The summed E-state index contributed by atoms with van der Waals surface area (Å²) in [6.07, 6.45) is 6.97. The fraction of sp³-hybridized carbons (Fsp3) is 0.688. The van der Waals surface area contributed by atoms with Crippen LogP contribution in [-0.4, -0.2) is 0 Å². The second-order valence-corrected chi connectivity index (χ2v) is 6.79. The molecule has 1 aromatic rings. The minimum Gasteiger partial charge on any atom is -0.426 e. The van der Waals surface area contributed by atoms with Gasteiger partial charge in [0.15, 0.2) is 0 Å². The van der Waals surface area contributed by atoms with E-state index in [4.69, 9.17) is 10.2 Å². The molecule has 0 aliphatic heterocycles. The van der Waals surface area contributed by atoms with E-state index in [0.717, 1.165) is 29.4 Å². The first-order valence-corrected chi connectivity index (χ1v) is 7.57. The molecule has 0 aromatic carbocycles. The summed E-state index contributed by atoms with van der Waals surface area (Å²) in [5.74, 6) is 4.86. The van der Waals surface area contributed by atoms with Crippen LogP contribution in [0.25, 0.3) is 0 Å². The molecule has 0 atom stereocenters. The van der Waals surface area contributed by atoms with Crippen LogP contribution in [-0.2, 0) is 6.54 Å². The molecule has 2 N–H and O–H groups in total. The first kappa shape index (κ1) is 11.7. The van der Waals surface area contributed by atoms with Crippen molar-refractivity contribution in [2.45, 2.75) is 44.6 Å². The molecule has 4 bridgehead atoms. The van der Waals surface area contributed by atoms with Crippen molar-refractivity contribution in [1.82, 2.24) is 0 Å². The van der Waals surface area contributed by atoms with Crippen LogP contribution in [0.3, 0.4) is 0 Å². The van der Waals surface area contributed by atoms with Gasteiger partial charge >= 0.3 is 5.63 Å². The van der Waals surface area contributed by atoms with Crippen LogP contribution in [0.2, 0.25) is 0 Å². The van der Waals surface area contributed by atoms with Gasteiger partial charge in [0.2, 0.25) is 0 Å². The lowest BCUT2D eigenvalue weighted by Crippen LogP contribution is -2.44. The quantitative estimate of drug-likeness (QED) is 0.888. The average molecular weight is 259 g/mol. The molecule has 1 heterocycles. The maximum atomic E-state index is 11.4. The molecule has 0 radical (unpaired) electrons. The van der Waals surface area contributed by atoms with E-state index in [1.165, 1.54) is 37.7 Å². The van der Waals surface area contributed by atoms with Crippen LogP contribution in [0.4, 0.5) is 0 Å². The lowest BCUT2D eigenvalue weighted by molar-refractivity contribution is -0.00384. The molecule has 4 aliphatic carbocycles. The number of nitrogens with two attached hydrogens (primary N) is 1. The minimum absolute atomic E-state index is 0.270.